The van der Waals surface area contributed by atoms with Gasteiger partial charge in [0.2, 0.25) is 0 Å². The lowest BCUT2D eigenvalue weighted by atomic mass is 9.42. The molecule has 1 saturated heterocycles. The Morgan fingerprint density at radius 2 is 1.67 bits per heavy atom. The predicted molar refractivity (Wildman–Crippen MR) is 99.7 cm³/mol. The van der Waals surface area contributed by atoms with Gasteiger partial charge in [0.05, 0.1) is 17.4 Å². The van der Waals surface area contributed by atoms with Crippen molar-refractivity contribution < 1.29 is 18.7 Å². The van der Waals surface area contributed by atoms with Crippen molar-refractivity contribution in [1.82, 2.24) is 0 Å². The minimum absolute atomic E-state index is 0.0312. The van der Waals surface area contributed by atoms with Crippen LogP contribution in [0.5, 0.6) is 0 Å². The van der Waals surface area contributed by atoms with Crippen LogP contribution in [0.1, 0.15) is 65.1 Å². The number of hydrogen-bond donors (Lipinski definition) is 0. The second-order valence-corrected chi connectivity index (χ2v) is 9.55. The van der Waals surface area contributed by atoms with Gasteiger partial charge in [0.1, 0.15) is 5.76 Å². The van der Waals surface area contributed by atoms with Crippen LogP contribution in [0.3, 0.4) is 0 Å². The van der Waals surface area contributed by atoms with E-state index in [9.17, 15) is 9.59 Å². The van der Waals surface area contributed by atoms with E-state index in [1.54, 1.807) is 6.26 Å². The van der Waals surface area contributed by atoms with E-state index in [1.165, 1.54) is 19.3 Å². The normalized spacial score (nSPS) is 39.1. The zero-order chi connectivity index (χ0) is 19.0. The van der Waals surface area contributed by atoms with E-state index >= 15 is 0 Å². The predicted octanol–water partition coefficient (Wildman–Crippen LogP) is 4.85. The van der Waals surface area contributed by atoms with Crippen LogP contribution in [0.2, 0.25) is 0 Å². The number of ether oxygens (including phenoxy) is 1. The number of hydrogen-bond acceptors (Lipinski definition) is 4. The van der Waals surface area contributed by atoms with Crippen LogP contribution in [0, 0.1) is 17.3 Å². The summed E-state index contributed by atoms with van der Waals surface area (Å²) < 4.78 is 10.9. The molecule has 2 unspecified atom stereocenters. The van der Waals surface area contributed by atoms with Gasteiger partial charge in [0, 0.05) is 5.41 Å². The highest BCUT2D eigenvalue weighted by atomic mass is 16.6. The van der Waals surface area contributed by atoms with Crippen molar-refractivity contribution in [2.45, 2.75) is 64.7 Å². The molecule has 4 atom stereocenters. The second kappa shape index (κ2) is 5.46. The Labute approximate surface area is 159 Å². The van der Waals surface area contributed by atoms with Crippen molar-refractivity contribution in [1.29, 1.82) is 0 Å². The number of cyclic esters (lactones) is 2. The minimum Gasteiger partial charge on any atom is -0.469 e. The third-order valence-corrected chi connectivity index (χ3v) is 7.62. The van der Waals surface area contributed by atoms with Crippen LogP contribution in [-0.4, -0.2) is 11.9 Å². The zero-order valence-corrected chi connectivity index (χ0v) is 16.3. The fourth-order valence-electron chi connectivity index (χ4n) is 7.02. The molecular weight excluding hydrogens is 340 g/mol. The number of allylic oxidation sites excluding steroid dienone is 2. The molecule has 0 amide bonds. The topological polar surface area (TPSA) is 56.5 Å². The van der Waals surface area contributed by atoms with Gasteiger partial charge in [-0.05, 0) is 88.7 Å². The van der Waals surface area contributed by atoms with Crippen LogP contribution in [0.4, 0.5) is 0 Å². The molecule has 4 bridgehead atoms. The summed E-state index contributed by atoms with van der Waals surface area (Å²) in [6.45, 7) is 5.83. The van der Waals surface area contributed by atoms with Crippen LogP contribution in [0.25, 0.3) is 0 Å². The lowest BCUT2D eigenvalue weighted by molar-refractivity contribution is -0.150. The van der Waals surface area contributed by atoms with Crippen molar-refractivity contribution in [3.05, 3.63) is 46.4 Å². The lowest BCUT2D eigenvalue weighted by Crippen LogP contribution is -2.54. The summed E-state index contributed by atoms with van der Waals surface area (Å²) in [5.41, 5.74) is 2.99. The number of esters is 2. The minimum atomic E-state index is -0.486. The van der Waals surface area contributed by atoms with Crippen molar-refractivity contribution in [3.63, 3.8) is 0 Å². The van der Waals surface area contributed by atoms with E-state index in [1.807, 2.05) is 19.9 Å². The van der Waals surface area contributed by atoms with Gasteiger partial charge in [-0.2, -0.15) is 0 Å². The van der Waals surface area contributed by atoms with Crippen molar-refractivity contribution in [2.24, 2.45) is 17.3 Å². The highest BCUT2D eigenvalue weighted by molar-refractivity contribution is 6.19. The maximum absolute atomic E-state index is 12.6. The summed E-state index contributed by atoms with van der Waals surface area (Å²) in [4.78, 5) is 24.9. The molecular formula is C23H26O4. The number of rotatable bonds is 2. The molecule has 27 heavy (non-hydrogen) atoms. The van der Waals surface area contributed by atoms with Crippen molar-refractivity contribution >= 4 is 11.9 Å². The molecule has 2 heterocycles. The molecule has 0 N–H and O–H groups in total. The van der Waals surface area contributed by atoms with E-state index < -0.39 is 11.9 Å². The van der Waals surface area contributed by atoms with Crippen LogP contribution < -0.4 is 0 Å². The zero-order valence-electron chi connectivity index (χ0n) is 16.3. The Kier molecular flexibility index (Phi) is 3.45. The quantitative estimate of drug-likeness (QED) is 0.426. The molecule has 5 fully saturated rings. The molecule has 1 aromatic rings. The molecule has 1 aliphatic heterocycles. The highest BCUT2D eigenvalue weighted by Gasteiger charge is 2.60. The van der Waals surface area contributed by atoms with E-state index in [2.05, 4.69) is 13.0 Å². The second-order valence-electron chi connectivity index (χ2n) is 9.55. The molecule has 4 heteroatoms. The maximum Gasteiger partial charge on any atom is 0.346 e. The van der Waals surface area contributed by atoms with E-state index in [4.69, 9.17) is 9.15 Å². The summed E-state index contributed by atoms with van der Waals surface area (Å²) in [7, 11) is 0. The monoisotopic (exact) mass is 366 g/mol. The number of carbonyl (C=O) groups is 2. The van der Waals surface area contributed by atoms with Crippen LogP contribution >= 0.6 is 0 Å². The summed E-state index contributed by atoms with van der Waals surface area (Å²) in [6.07, 6.45) is 8.65. The Morgan fingerprint density at radius 3 is 2.26 bits per heavy atom. The first-order valence-corrected chi connectivity index (χ1v) is 10.0. The van der Waals surface area contributed by atoms with Gasteiger partial charge in [0.25, 0.3) is 0 Å². The van der Waals surface area contributed by atoms with Gasteiger partial charge in [-0.1, -0.05) is 11.1 Å². The van der Waals surface area contributed by atoms with Gasteiger partial charge >= 0.3 is 11.9 Å². The molecule has 5 aliphatic rings. The average molecular weight is 366 g/mol. The van der Waals surface area contributed by atoms with Crippen molar-refractivity contribution in [2.75, 3.05) is 0 Å². The largest absolute Gasteiger partial charge is 0.469 e. The average Bonchev–Trinajstić information content (AvgIpc) is 3.21. The Bertz CT molecular complexity index is 881. The van der Waals surface area contributed by atoms with Gasteiger partial charge in [-0.3, -0.25) is 0 Å². The fourth-order valence-corrected chi connectivity index (χ4v) is 7.02. The van der Waals surface area contributed by atoms with E-state index in [0.29, 0.717) is 23.0 Å². The summed E-state index contributed by atoms with van der Waals surface area (Å²) >= 11 is 0. The number of carbonyl (C=O) groups excluding carboxylic acids is 2. The standard InChI is InChI=1S/C23H26O4/c1-13(2)18-19(21(25)27-20(18)24)14(3)22-8-15-7-16(9-22)11-23(10-15,12-22)17-5-4-6-26-17/h4-6,15-16H,7-12H2,1-3H3/b19-14-/t15-,16+,22?,23?. The number of furan rings is 1. The highest BCUT2D eigenvalue weighted by Crippen LogP contribution is 2.68. The first kappa shape index (κ1) is 17.0. The lowest BCUT2D eigenvalue weighted by Gasteiger charge is -2.62. The Morgan fingerprint density at radius 1 is 1.00 bits per heavy atom. The molecule has 0 radical (unpaired) electrons. The summed E-state index contributed by atoms with van der Waals surface area (Å²) in [5.74, 6) is 1.48. The summed E-state index contributed by atoms with van der Waals surface area (Å²) in [5, 5.41) is 0. The Balaban J connectivity index is 1.66. The van der Waals surface area contributed by atoms with E-state index in [0.717, 1.165) is 36.2 Å². The maximum atomic E-state index is 12.6. The van der Waals surface area contributed by atoms with Crippen LogP contribution in [-0.2, 0) is 19.7 Å². The first-order chi connectivity index (χ1) is 12.8. The van der Waals surface area contributed by atoms with Crippen molar-refractivity contribution in [3.8, 4) is 0 Å². The van der Waals surface area contributed by atoms with Gasteiger partial charge < -0.3 is 9.15 Å². The smallest absolute Gasteiger partial charge is 0.346 e. The fraction of sp³-hybridized carbons (Fsp3) is 0.565. The third-order valence-electron chi connectivity index (χ3n) is 7.62. The summed E-state index contributed by atoms with van der Waals surface area (Å²) in [6, 6.07) is 4.11. The first-order valence-electron chi connectivity index (χ1n) is 10.0. The van der Waals surface area contributed by atoms with Crippen LogP contribution in [0.15, 0.2) is 45.1 Å². The van der Waals surface area contributed by atoms with Gasteiger partial charge in [-0.25, -0.2) is 9.59 Å². The molecule has 142 valence electrons. The molecule has 4 nitrogen and oxygen atoms in total. The Hall–Kier alpha value is -2.10. The molecule has 1 aromatic heterocycles. The van der Waals surface area contributed by atoms with Gasteiger partial charge in [-0.15, -0.1) is 0 Å². The molecule has 6 rings (SSSR count). The van der Waals surface area contributed by atoms with Gasteiger partial charge in [0.15, 0.2) is 0 Å². The molecule has 4 saturated carbocycles. The molecule has 0 spiro atoms. The molecule has 0 aromatic carbocycles. The third kappa shape index (κ3) is 2.28. The molecule has 4 aliphatic carbocycles. The SMILES string of the molecule is CC(C)=C1C(=O)OC(=O)/C1=C(/C)C12C[C@H]3C[C@@H](C1)CC(c1ccco1)(C3)C2. The van der Waals surface area contributed by atoms with E-state index in [-0.39, 0.29) is 10.8 Å².